The molecule has 0 aromatic carbocycles. The standard InChI is InChI=1S/C22H35N3O3S/c1-21(2,3)15-9-10-16-17(12-15)29-19(23-16)24-18(26)14-8-7-11-25(13-14)20(27)28-22(4,5)6/h14-15H,7-13H2,1-6H3,(H,23,24,26). The first-order valence-electron chi connectivity index (χ1n) is 10.7. The van der Waals surface area contributed by atoms with Crippen molar-refractivity contribution in [1.82, 2.24) is 9.88 Å². The lowest BCUT2D eigenvalue weighted by molar-refractivity contribution is -0.121. The number of carbonyl (C=O) groups is 2. The van der Waals surface area contributed by atoms with Crippen LogP contribution in [0, 0.1) is 17.3 Å². The summed E-state index contributed by atoms with van der Waals surface area (Å²) in [5, 5.41) is 3.72. The van der Waals surface area contributed by atoms with Crippen LogP contribution in [0.1, 0.15) is 71.4 Å². The van der Waals surface area contributed by atoms with E-state index in [-0.39, 0.29) is 23.3 Å². The quantitative estimate of drug-likeness (QED) is 0.739. The summed E-state index contributed by atoms with van der Waals surface area (Å²) in [4.78, 5) is 32.8. The molecule has 6 nitrogen and oxygen atoms in total. The Morgan fingerprint density at radius 1 is 1.17 bits per heavy atom. The second-order valence-corrected chi connectivity index (χ2v) is 11.5. The normalized spacial score (nSPS) is 22.8. The Morgan fingerprint density at radius 2 is 1.90 bits per heavy atom. The second kappa shape index (κ2) is 8.25. The highest BCUT2D eigenvalue weighted by Crippen LogP contribution is 2.40. The first kappa shape index (κ1) is 22.1. The minimum Gasteiger partial charge on any atom is -0.444 e. The molecular weight excluding hydrogens is 386 g/mol. The smallest absolute Gasteiger partial charge is 0.410 e. The first-order chi connectivity index (χ1) is 13.4. The van der Waals surface area contributed by atoms with Crippen molar-refractivity contribution in [2.45, 2.75) is 79.2 Å². The maximum Gasteiger partial charge on any atom is 0.410 e. The highest BCUT2D eigenvalue weighted by Gasteiger charge is 2.33. The van der Waals surface area contributed by atoms with E-state index >= 15 is 0 Å². The molecule has 2 aliphatic rings. The highest BCUT2D eigenvalue weighted by molar-refractivity contribution is 7.15. The maximum atomic E-state index is 12.8. The number of piperidine rings is 1. The lowest BCUT2D eigenvalue weighted by Crippen LogP contribution is -2.45. The number of nitrogens with zero attached hydrogens (tertiary/aromatic N) is 2. The van der Waals surface area contributed by atoms with Gasteiger partial charge in [0.25, 0.3) is 0 Å². The number of hydrogen-bond donors (Lipinski definition) is 1. The van der Waals surface area contributed by atoms with Gasteiger partial charge in [-0.15, -0.1) is 11.3 Å². The average molecular weight is 422 g/mol. The van der Waals surface area contributed by atoms with Crippen molar-refractivity contribution in [3.63, 3.8) is 0 Å². The van der Waals surface area contributed by atoms with Gasteiger partial charge in [0, 0.05) is 18.0 Å². The van der Waals surface area contributed by atoms with Crippen molar-refractivity contribution < 1.29 is 14.3 Å². The number of fused-ring (bicyclic) bond motifs is 1. The predicted octanol–water partition coefficient (Wildman–Crippen LogP) is 4.88. The molecule has 162 valence electrons. The fraction of sp³-hybridized carbons (Fsp3) is 0.773. The molecule has 0 spiro atoms. The number of aryl methyl sites for hydroxylation is 1. The van der Waals surface area contributed by atoms with Crippen molar-refractivity contribution in [2.24, 2.45) is 17.3 Å². The number of thiazole rings is 1. The minimum atomic E-state index is -0.531. The molecular formula is C22H35N3O3S. The van der Waals surface area contributed by atoms with Gasteiger partial charge in [-0.3, -0.25) is 4.79 Å². The topological polar surface area (TPSA) is 71.5 Å². The van der Waals surface area contributed by atoms with Crippen LogP contribution in [0.2, 0.25) is 0 Å². The molecule has 2 heterocycles. The summed E-state index contributed by atoms with van der Waals surface area (Å²) >= 11 is 1.61. The summed E-state index contributed by atoms with van der Waals surface area (Å²) in [6, 6.07) is 0. The lowest BCUT2D eigenvalue weighted by Gasteiger charge is -2.33. The van der Waals surface area contributed by atoms with Crippen LogP contribution in [0.4, 0.5) is 9.93 Å². The van der Waals surface area contributed by atoms with Crippen molar-refractivity contribution in [2.75, 3.05) is 18.4 Å². The average Bonchev–Trinajstić information content (AvgIpc) is 3.01. The first-order valence-corrected chi connectivity index (χ1v) is 11.5. The molecule has 2 amide bonds. The molecule has 1 N–H and O–H groups in total. The van der Waals surface area contributed by atoms with Gasteiger partial charge in [-0.05, 0) is 64.2 Å². The molecule has 0 bridgehead atoms. The minimum absolute atomic E-state index is 0.0447. The Labute approximate surface area is 178 Å². The summed E-state index contributed by atoms with van der Waals surface area (Å²) in [6.45, 7) is 13.5. The zero-order chi connectivity index (χ0) is 21.4. The molecule has 0 saturated carbocycles. The van der Waals surface area contributed by atoms with Crippen molar-refractivity contribution >= 4 is 28.5 Å². The second-order valence-electron chi connectivity index (χ2n) is 10.4. The van der Waals surface area contributed by atoms with Gasteiger partial charge in [0.05, 0.1) is 11.6 Å². The number of nitrogens with one attached hydrogen (secondary N) is 1. The van der Waals surface area contributed by atoms with Crippen LogP contribution < -0.4 is 5.32 Å². The highest BCUT2D eigenvalue weighted by atomic mass is 32.1. The van der Waals surface area contributed by atoms with E-state index in [1.54, 1.807) is 16.2 Å². The lowest BCUT2D eigenvalue weighted by atomic mass is 9.73. The van der Waals surface area contributed by atoms with Crippen LogP contribution in [0.25, 0.3) is 0 Å². The molecule has 1 saturated heterocycles. The molecule has 3 rings (SSSR count). The molecule has 1 aliphatic carbocycles. The molecule has 1 aromatic heterocycles. The fourth-order valence-corrected chi connectivity index (χ4v) is 5.15. The van der Waals surface area contributed by atoms with Crippen molar-refractivity contribution in [3.05, 3.63) is 10.6 Å². The number of aromatic nitrogens is 1. The molecule has 2 atom stereocenters. The fourth-order valence-electron chi connectivity index (χ4n) is 4.06. The summed E-state index contributed by atoms with van der Waals surface area (Å²) in [7, 11) is 0. The van der Waals surface area contributed by atoms with Crippen LogP contribution >= 0.6 is 11.3 Å². The molecule has 1 aliphatic heterocycles. The van der Waals surface area contributed by atoms with E-state index in [0.717, 1.165) is 37.8 Å². The Balaban J connectivity index is 1.60. The number of ether oxygens (including phenoxy) is 1. The monoisotopic (exact) mass is 421 g/mol. The Kier molecular flexibility index (Phi) is 6.27. The van der Waals surface area contributed by atoms with Crippen LogP contribution in [0.3, 0.4) is 0 Å². The SMILES string of the molecule is CC(C)(C)OC(=O)N1CCCC(C(=O)Nc2nc3c(s2)CC(C(C)(C)C)CC3)C1. The molecule has 1 fully saturated rings. The van der Waals surface area contributed by atoms with Gasteiger partial charge in [0.1, 0.15) is 5.60 Å². The van der Waals surface area contributed by atoms with E-state index in [4.69, 9.17) is 4.74 Å². The van der Waals surface area contributed by atoms with Gasteiger partial charge >= 0.3 is 6.09 Å². The van der Waals surface area contributed by atoms with Gasteiger partial charge in [0.15, 0.2) is 5.13 Å². The van der Waals surface area contributed by atoms with Gasteiger partial charge in [0.2, 0.25) is 5.91 Å². The molecule has 2 unspecified atom stereocenters. The van der Waals surface area contributed by atoms with Crippen LogP contribution in [-0.4, -0.2) is 40.6 Å². The maximum absolute atomic E-state index is 12.8. The zero-order valence-electron chi connectivity index (χ0n) is 18.6. The number of anilines is 1. The number of hydrogen-bond acceptors (Lipinski definition) is 5. The van der Waals surface area contributed by atoms with E-state index in [1.807, 2.05) is 20.8 Å². The number of amides is 2. The number of rotatable bonds is 2. The van der Waals surface area contributed by atoms with E-state index in [0.29, 0.717) is 24.1 Å². The third-order valence-electron chi connectivity index (χ3n) is 5.84. The van der Waals surface area contributed by atoms with Crippen LogP contribution in [-0.2, 0) is 22.4 Å². The third kappa shape index (κ3) is 5.71. The summed E-state index contributed by atoms with van der Waals surface area (Å²) in [5.41, 5.74) is 0.903. The van der Waals surface area contributed by atoms with Gasteiger partial charge in [-0.25, -0.2) is 9.78 Å². The third-order valence-corrected chi connectivity index (χ3v) is 6.87. The van der Waals surface area contributed by atoms with E-state index in [2.05, 4.69) is 31.1 Å². The Morgan fingerprint density at radius 3 is 2.55 bits per heavy atom. The van der Waals surface area contributed by atoms with Gasteiger partial charge in [-0.1, -0.05) is 20.8 Å². The van der Waals surface area contributed by atoms with Crippen molar-refractivity contribution in [3.8, 4) is 0 Å². The molecule has 29 heavy (non-hydrogen) atoms. The Hall–Kier alpha value is -1.63. The molecule has 0 radical (unpaired) electrons. The predicted molar refractivity (Wildman–Crippen MR) is 116 cm³/mol. The van der Waals surface area contributed by atoms with Crippen LogP contribution in [0.15, 0.2) is 0 Å². The summed E-state index contributed by atoms with van der Waals surface area (Å²) < 4.78 is 5.46. The van der Waals surface area contributed by atoms with E-state index in [1.165, 1.54) is 4.88 Å². The molecule has 7 heteroatoms. The number of carbonyl (C=O) groups excluding carboxylic acids is 2. The van der Waals surface area contributed by atoms with Gasteiger partial charge < -0.3 is 15.0 Å². The summed E-state index contributed by atoms with van der Waals surface area (Å²) in [6.07, 6.45) is 4.43. The molecule has 1 aromatic rings. The van der Waals surface area contributed by atoms with Gasteiger partial charge in [-0.2, -0.15) is 0 Å². The van der Waals surface area contributed by atoms with E-state index in [9.17, 15) is 9.59 Å². The van der Waals surface area contributed by atoms with E-state index < -0.39 is 5.60 Å². The largest absolute Gasteiger partial charge is 0.444 e. The number of likely N-dealkylation sites (tertiary alicyclic amines) is 1. The summed E-state index contributed by atoms with van der Waals surface area (Å²) in [5.74, 6) is 0.385. The zero-order valence-corrected chi connectivity index (χ0v) is 19.4. The van der Waals surface area contributed by atoms with Crippen molar-refractivity contribution in [1.29, 1.82) is 0 Å². The van der Waals surface area contributed by atoms with Crippen LogP contribution in [0.5, 0.6) is 0 Å². The Bertz CT molecular complexity index is 760.